The average molecular weight is 398 g/mol. The summed E-state index contributed by atoms with van der Waals surface area (Å²) in [6.07, 6.45) is 8.07. The van der Waals surface area contributed by atoms with E-state index >= 15 is 0 Å². The fraction of sp³-hybridized carbons (Fsp3) is 0.348. The minimum atomic E-state index is 0.315. The van der Waals surface area contributed by atoms with Crippen LogP contribution in [0, 0.1) is 0 Å². The highest BCUT2D eigenvalue weighted by Crippen LogP contribution is 2.29. The molecule has 1 heterocycles. The molecule has 3 rings (SSSR count). The Bertz CT molecular complexity index is 913. The fourth-order valence-corrected chi connectivity index (χ4v) is 3.43. The second-order valence-electron chi connectivity index (χ2n) is 7.08. The van der Waals surface area contributed by atoms with E-state index in [4.69, 9.17) is 11.6 Å². The van der Waals surface area contributed by atoms with E-state index in [2.05, 4.69) is 22.5 Å². The molecule has 28 heavy (non-hydrogen) atoms. The maximum absolute atomic E-state index is 10.2. The summed E-state index contributed by atoms with van der Waals surface area (Å²) in [4.78, 5) is 4.38. The zero-order valence-electron chi connectivity index (χ0n) is 16.3. The number of pyridine rings is 1. The number of nitrogens with one attached hydrogen (secondary N) is 2. The van der Waals surface area contributed by atoms with Crippen molar-refractivity contribution >= 4 is 33.9 Å². The van der Waals surface area contributed by atoms with Crippen LogP contribution in [0.4, 0.5) is 11.4 Å². The first-order valence-corrected chi connectivity index (χ1v) is 10.4. The van der Waals surface area contributed by atoms with Crippen molar-refractivity contribution in [3.05, 3.63) is 59.2 Å². The Balaban J connectivity index is 1.63. The first-order valence-electron chi connectivity index (χ1n) is 10.0. The number of unbranched alkanes of at least 4 members (excludes halogenated alkanes) is 4. The van der Waals surface area contributed by atoms with Gasteiger partial charge in [-0.2, -0.15) is 0 Å². The third kappa shape index (κ3) is 5.60. The predicted octanol–water partition coefficient (Wildman–Crippen LogP) is 6.40. The van der Waals surface area contributed by atoms with Gasteiger partial charge in [-0.1, -0.05) is 44.2 Å². The molecule has 0 spiro atoms. The summed E-state index contributed by atoms with van der Waals surface area (Å²) in [5, 5.41) is 18.7. The van der Waals surface area contributed by atoms with E-state index in [0.29, 0.717) is 17.3 Å². The van der Waals surface area contributed by atoms with Crippen molar-refractivity contribution in [3.63, 3.8) is 0 Å². The Labute approximate surface area is 172 Å². The van der Waals surface area contributed by atoms with Gasteiger partial charge in [0.25, 0.3) is 0 Å². The van der Waals surface area contributed by atoms with Crippen molar-refractivity contribution in [2.24, 2.45) is 0 Å². The Morgan fingerprint density at radius 3 is 2.71 bits per heavy atom. The number of aromatic nitrogens is 1. The quantitative estimate of drug-likeness (QED) is 0.274. The molecule has 4 nitrogen and oxygen atoms in total. The predicted molar refractivity (Wildman–Crippen MR) is 119 cm³/mol. The monoisotopic (exact) mass is 397 g/mol. The molecular formula is C23H28ClN3O. The lowest BCUT2D eigenvalue weighted by molar-refractivity contribution is 0.463. The molecule has 0 aliphatic heterocycles. The van der Waals surface area contributed by atoms with E-state index in [1.807, 2.05) is 36.4 Å². The molecule has 148 valence electrons. The van der Waals surface area contributed by atoms with Gasteiger partial charge < -0.3 is 15.7 Å². The van der Waals surface area contributed by atoms with Crippen LogP contribution in [-0.4, -0.2) is 16.6 Å². The maximum Gasteiger partial charge on any atom is 0.120 e. The van der Waals surface area contributed by atoms with E-state index in [-0.39, 0.29) is 0 Å². The molecule has 3 aromatic rings. The van der Waals surface area contributed by atoms with E-state index in [1.54, 1.807) is 12.3 Å². The summed E-state index contributed by atoms with van der Waals surface area (Å²) in [5.41, 5.74) is 3.63. The van der Waals surface area contributed by atoms with E-state index in [1.165, 1.54) is 32.1 Å². The van der Waals surface area contributed by atoms with Crippen molar-refractivity contribution < 1.29 is 5.11 Å². The second-order valence-corrected chi connectivity index (χ2v) is 7.52. The lowest BCUT2D eigenvalue weighted by Crippen LogP contribution is -2.14. The van der Waals surface area contributed by atoms with Crippen LogP contribution in [0.5, 0.6) is 5.75 Å². The van der Waals surface area contributed by atoms with Gasteiger partial charge in [0.05, 0.1) is 5.52 Å². The topological polar surface area (TPSA) is 57.2 Å². The van der Waals surface area contributed by atoms with Crippen LogP contribution in [-0.2, 0) is 6.54 Å². The number of nitrogens with zero attached hydrogens (tertiary/aromatic N) is 1. The molecule has 3 N–H and O–H groups in total. The Morgan fingerprint density at radius 1 is 1.00 bits per heavy atom. The van der Waals surface area contributed by atoms with Crippen LogP contribution < -0.4 is 10.6 Å². The van der Waals surface area contributed by atoms with Crippen LogP contribution in [0.25, 0.3) is 10.9 Å². The number of halogens is 1. The highest BCUT2D eigenvalue weighted by molar-refractivity contribution is 6.31. The van der Waals surface area contributed by atoms with Gasteiger partial charge in [0, 0.05) is 40.1 Å². The average Bonchev–Trinajstić information content (AvgIpc) is 2.69. The number of aromatic hydroxyl groups is 1. The molecule has 0 radical (unpaired) electrons. The molecule has 0 aliphatic carbocycles. The summed E-state index contributed by atoms with van der Waals surface area (Å²) < 4.78 is 0. The number of hydrogen-bond donors (Lipinski definition) is 3. The molecule has 0 aliphatic rings. The van der Waals surface area contributed by atoms with Crippen LogP contribution in [0.1, 0.15) is 44.6 Å². The van der Waals surface area contributed by atoms with Crippen LogP contribution >= 0.6 is 11.6 Å². The molecule has 2 aromatic carbocycles. The summed E-state index contributed by atoms with van der Waals surface area (Å²) in [6.45, 7) is 3.85. The van der Waals surface area contributed by atoms with Crippen molar-refractivity contribution in [3.8, 4) is 5.75 Å². The Kier molecular flexibility index (Phi) is 7.52. The van der Waals surface area contributed by atoms with E-state index in [9.17, 15) is 5.11 Å². The molecule has 5 heteroatoms. The summed E-state index contributed by atoms with van der Waals surface area (Å²) in [5.74, 6) is 0.315. The number of benzene rings is 2. The third-order valence-corrected chi connectivity index (χ3v) is 5.07. The number of phenolic OH excluding ortho intramolecular Hbond substituents is 1. The first-order chi connectivity index (χ1) is 13.7. The van der Waals surface area contributed by atoms with Gasteiger partial charge in [-0.3, -0.25) is 4.98 Å². The van der Waals surface area contributed by atoms with Crippen molar-refractivity contribution in [2.75, 3.05) is 11.9 Å². The minimum Gasteiger partial charge on any atom is -0.508 e. The van der Waals surface area contributed by atoms with Crippen molar-refractivity contribution in [1.29, 1.82) is 0 Å². The standard InChI is InChI=1S/C23H28ClN3O/c1-2-3-4-5-6-12-25-16-17-14-19(8-10-23(17)28)27-21-11-13-26-22-15-18(24)7-9-20(21)22/h7-11,13-15,25,28H,2-6,12,16H2,1H3,(H,26,27). The van der Waals surface area contributed by atoms with Gasteiger partial charge in [-0.15, -0.1) is 0 Å². The molecule has 0 amide bonds. The number of hydrogen-bond acceptors (Lipinski definition) is 4. The van der Waals surface area contributed by atoms with Gasteiger partial charge in [0.15, 0.2) is 0 Å². The highest BCUT2D eigenvalue weighted by atomic mass is 35.5. The Hall–Kier alpha value is -2.30. The van der Waals surface area contributed by atoms with Gasteiger partial charge in [0.2, 0.25) is 0 Å². The zero-order valence-corrected chi connectivity index (χ0v) is 17.1. The van der Waals surface area contributed by atoms with E-state index < -0.39 is 0 Å². The largest absolute Gasteiger partial charge is 0.508 e. The molecule has 0 fully saturated rings. The van der Waals surface area contributed by atoms with Gasteiger partial charge in [-0.25, -0.2) is 0 Å². The fourth-order valence-electron chi connectivity index (χ4n) is 3.27. The zero-order chi connectivity index (χ0) is 19.8. The second kappa shape index (κ2) is 10.3. The van der Waals surface area contributed by atoms with Gasteiger partial charge >= 0.3 is 0 Å². The summed E-state index contributed by atoms with van der Waals surface area (Å²) in [7, 11) is 0. The maximum atomic E-state index is 10.2. The number of phenols is 1. The first kappa shape index (κ1) is 20.4. The van der Waals surface area contributed by atoms with Crippen LogP contribution in [0.3, 0.4) is 0 Å². The van der Waals surface area contributed by atoms with Crippen molar-refractivity contribution in [2.45, 2.75) is 45.6 Å². The lowest BCUT2D eigenvalue weighted by Gasteiger charge is -2.13. The normalized spacial score (nSPS) is 11.1. The molecule has 0 bridgehead atoms. The SMILES string of the molecule is CCCCCCCNCc1cc(Nc2ccnc3cc(Cl)ccc23)ccc1O. The van der Waals surface area contributed by atoms with E-state index in [0.717, 1.165) is 34.4 Å². The molecular weight excluding hydrogens is 370 g/mol. The molecule has 0 atom stereocenters. The minimum absolute atomic E-state index is 0.315. The molecule has 0 saturated heterocycles. The highest BCUT2D eigenvalue weighted by Gasteiger charge is 2.06. The Morgan fingerprint density at radius 2 is 1.86 bits per heavy atom. The molecule has 1 aromatic heterocycles. The van der Waals surface area contributed by atoms with Gasteiger partial charge in [0.1, 0.15) is 5.75 Å². The van der Waals surface area contributed by atoms with Crippen LogP contribution in [0.15, 0.2) is 48.7 Å². The summed E-state index contributed by atoms with van der Waals surface area (Å²) >= 11 is 6.07. The molecule has 0 saturated carbocycles. The lowest BCUT2D eigenvalue weighted by atomic mass is 10.1. The van der Waals surface area contributed by atoms with Crippen LogP contribution in [0.2, 0.25) is 5.02 Å². The van der Waals surface area contributed by atoms with Gasteiger partial charge in [-0.05, 0) is 55.4 Å². The summed E-state index contributed by atoms with van der Waals surface area (Å²) in [6, 6.07) is 13.2. The number of fused-ring (bicyclic) bond motifs is 1. The molecule has 0 unspecified atom stereocenters. The third-order valence-electron chi connectivity index (χ3n) is 4.84. The number of anilines is 2. The number of rotatable bonds is 10. The smallest absolute Gasteiger partial charge is 0.120 e. The van der Waals surface area contributed by atoms with Crippen molar-refractivity contribution in [1.82, 2.24) is 10.3 Å².